The smallest absolute Gasteiger partial charge is 0.238 e. The molecule has 5 heteroatoms. The molecule has 1 aromatic rings. The molecule has 0 atom stereocenters. The summed E-state index contributed by atoms with van der Waals surface area (Å²) in [5, 5.41) is 0. The van der Waals surface area contributed by atoms with Crippen molar-refractivity contribution < 1.29 is 0 Å². The SMILES string of the molecule is Brc1nc(N2CCCCC2)ns1. The Labute approximate surface area is 84.1 Å². The van der Waals surface area contributed by atoms with E-state index < -0.39 is 0 Å². The zero-order valence-electron chi connectivity index (χ0n) is 6.66. The van der Waals surface area contributed by atoms with E-state index in [9.17, 15) is 0 Å². The number of nitrogens with zero attached hydrogens (tertiary/aromatic N) is 3. The van der Waals surface area contributed by atoms with Crippen molar-refractivity contribution in [1.29, 1.82) is 0 Å². The van der Waals surface area contributed by atoms with E-state index in [0.29, 0.717) is 0 Å². The summed E-state index contributed by atoms with van der Waals surface area (Å²) in [6.45, 7) is 2.23. The molecule has 1 aliphatic heterocycles. The summed E-state index contributed by atoms with van der Waals surface area (Å²) in [5.74, 6) is 0.895. The first-order valence-electron chi connectivity index (χ1n) is 4.10. The highest BCUT2D eigenvalue weighted by Crippen LogP contribution is 2.21. The summed E-state index contributed by atoms with van der Waals surface area (Å²) in [4.78, 5) is 6.54. The van der Waals surface area contributed by atoms with Crippen molar-refractivity contribution in [2.45, 2.75) is 19.3 Å². The Bertz CT molecular complexity index is 257. The van der Waals surface area contributed by atoms with Gasteiger partial charge in [0.1, 0.15) is 0 Å². The predicted molar refractivity (Wildman–Crippen MR) is 53.7 cm³/mol. The quantitative estimate of drug-likeness (QED) is 0.763. The van der Waals surface area contributed by atoms with Crippen molar-refractivity contribution in [3.63, 3.8) is 0 Å². The topological polar surface area (TPSA) is 29.0 Å². The number of rotatable bonds is 1. The Morgan fingerprint density at radius 3 is 2.58 bits per heavy atom. The highest BCUT2D eigenvalue weighted by atomic mass is 79.9. The molecule has 0 amide bonds. The third kappa shape index (κ3) is 1.77. The molecule has 0 radical (unpaired) electrons. The van der Waals surface area contributed by atoms with Crippen LogP contribution in [0.5, 0.6) is 0 Å². The van der Waals surface area contributed by atoms with Gasteiger partial charge in [0.2, 0.25) is 5.95 Å². The van der Waals surface area contributed by atoms with Gasteiger partial charge in [0.15, 0.2) is 3.92 Å². The van der Waals surface area contributed by atoms with Crippen molar-refractivity contribution in [3.8, 4) is 0 Å². The average molecular weight is 248 g/mol. The van der Waals surface area contributed by atoms with Gasteiger partial charge < -0.3 is 4.90 Å². The van der Waals surface area contributed by atoms with Crippen molar-refractivity contribution in [2.75, 3.05) is 18.0 Å². The minimum absolute atomic E-state index is 0.878. The number of aromatic nitrogens is 2. The van der Waals surface area contributed by atoms with Crippen LogP contribution in [0.4, 0.5) is 5.95 Å². The van der Waals surface area contributed by atoms with Gasteiger partial charge in [-0.15, -0.1) is 0 Å². The lowest BCUT2D eigenvalue weighted by molar-refractivity contribution is 0.570. The van der Waals surface area contributed by atoms with Gasteiger partial charge in [0, 0.05) is 13.1 Å². The van der Waals surface area contributed by atoms with Gasteiger partial charge in [-0.2, -0.15) is 9.36 Å². The third-order valence-electron chi connectivity index (χ3n) is 2.03. The molecule has 2 heterocycles. The minimum atomic E-state index is 0.878. The summed E-state index contributed by atoms with van der Waals surface area (Å²) < 4.78 is 5.13. The molecule has 2 rings (SSSR count). The lowest BCUT2D eigenvalue weighted by atomic mass is 10.1. The Balaban J connectivity index is 2.08. The minimum Gasteiger partial charge on any atom is -0.340 e. The van der Waals surface area contributed by atoms with E-state index in [4.69, 9.17) is 0 Å². The molecule has 0 spiro atoms. The standard InChI is InChI=1S/C7H10BrN3S/c8-6-9-7(10-12-6)11-4-2-1-3-5-11/h1-5H2. The van der Waals surface area contributed by atoms with E-state index in [2.05, 4.69) is 30.2 Å². The fraction of sp³-hybridized carbons (Fsp3) is 0.714. The molecule has 3 nitrogen and oxygen atoms in total. The number of anilines is 1. The van der Waals surface area contributed by atoms with Gasteiger partial charge in [0.25, 0.3) is 0 Å². The average Bonchev–Trinajstić information content (AvgIpc) is 2.54. The van der Waals surface area contributed by atoms with Crippen LogP contribution in [0.3, 0.4) is 0 Å². The Morgan fingerprint density at radius 1 is 1.25 bits per heavy atom. The van der Waals surface area contributed by atoms with Crippen LogP contribution in [0.25, 0.3) is 0 Å². The normalized spacial score (nSPS) is 18.2. The van der Waals surface area contributed by atoms with Crippen LogP contribution in [0.15, 0.2) is 3.92 Å². The van der Waals surface area contributed by atoms with E-state index in [1.807, 2.05) is 0 Å². The van der Waals surface area contributed by atoms with Gasteiger partial charge in [-0.05, 0) is 46.7 Å². The summed E-state index contributed by atoms with van der Waals surface area (Å²) >= 11 is 4.73. The zero-order chi connectivity index (χ0) is 8.39. The summed E-state index contributed by atoms with van der Waals surface area (Å²) in [6.07, 6.45) is 3.90. The largest absolute Gasteiger partial charge is 0.340 e. The molecule has 0 bridgehead atoms. The van der Waals surface area contributed by atoms with Crippen molar-refractivity contribution >= 4 is 33.4 Å². The summed E-state index contributed by atoms with van der Waals surface area (Å²) in [6, 6.07) is 0. The number of hydrogen-bond acceptors (Lipinski definition) is 4. The molecule has 1 fully saturated rings. The van der Waals surface area contributed by atoms with Gasteiger partial charge in [-0.25, -0.2) is 0 Å². The fourth-order valence-electron chi connectivity index (χ4n) is 1.42. The predicted octanol–water partition coefficient (Wildman–Crippen LogP) is 2.29. The van der Waals surface area contributed by atoms with Crippen LogP contribution in [-0.2, 0) is 0 Å². The van der Waals surface area contributed by atoms with Gasteiger partial charge in [-0.1, -0.05) is 0 Å². The van der Waals surface area contributed by atoms with Crippen LogP contribution in [0.1, 0.15) is 19.3 Å². The fourth-order valence-corrected chi connectivity index (χ4v) is 2.23. The maximum absolute atomic E-state index is 4.28. The van der Waals surface area contributed by atoms with E-state index in [1.54, 1.807) is 0 Å². The van der Waals surface area contributed by atoms with Crippen molar-refractivity contribution in [3.05, 3.63) is 3.92 Å². The lowest BCUT2D eigenvalue weighted by Crippen LogP contribution is -2.30. The first-order valence-corrected chi connectivity index (χ1v) is 5.67. The first kappa shape index (κ1) is 8.44. The number of halogens is 1. The second-order valence-electron chi connectivity index (χ2n) is 2.90. The van der Waals surface area contributed by atoms with Crippen LogP contribution in [0, 0.1) is 0 Å². The summed E-state index contributed by atoms with van der Waals surface area (Å²) in [7, 11) is 0. The summed E-state index contributed by atoms with van der Waals surface area (Å²) in [5.41, 5.74) is 0. The molecule has 1 aromatic heterocycles. The molecular weight excluding hydrogens is 238 g/mol. The van der Waals surface area contributed by atoms with Crippen molar-refractivity contribution in [2.24, 2.45) is 0 Å². The first-order chi connectivity index (χ1) is 5.86. The molecule has 12 heavy (non-hydrogen) atoms. The highest BCUT2D eigenvalue weighted by Gasteiger charge is 2.14. The lowest BCUT2D eigenvalue weighted by Gasteiger charge is -2.24. The van der Waals surface area contributed by atoms with E-state index in [1.165, 1.54) is 30.8 Å². The van der Waals surface area contributed by atoms with E-state index in [0.717, 1.165) is 23.0 Å². The monoisotopic (exact) mass is 247 g/mol. The van der Waals surface area contributed by atoms with Gasteiger partial charge >= 0.3 is 0 Å². The number of hydrogen-bond donors (Lipinski definition) is 0. The van der Waals surface area contributed by atoms with E-state index >= 15 is 0 Å². The molecule has 66 valence electrons. The maximum atomic E-state index is 4.28. The third-order valence-corrected chi connectivity index (χ3v) is 3.14. The van der Waals surface area contributed by atoms with Crippen molar-refractivity contribution in [1.82, 2.24) is 9.36 Å². The molecule has 1 saturated heterocycles. The molecule has 1 aliphatic rings. The van der Waals surface area contributed by atoms with Crippen LogP contribution in [-0.4, -0.2) is 22.4 Å². The molecule has 0 N–H and O–H groups in total. The Morgan fingerprint density at radius 2 is 2.00 bits per heavy atom. The zero-order valence-corrected chi connectivity index (χ0v) is 9.07. The molecular formula is C7H10BrN3S. The van der Waals surface area contributed by atoms with Gasteiger partial charge in [-0.3, -0.25) is 0 Å². The highest BCUT2D eigenvalue weighted by molar-refractivity contribution is 9.11. The van der Waals surface area contributed by atoms with E-state index in [-0.39, 0.29) is 0 Å². The molecule has 0 aliphatic carbocycles. The Hall–Kier alpha value is -0.160. The molecule has 0 saturated carbocycles. The molecule has 0 unspecified atom stereocenters. The number of piperidine rings is 1. The van der Waals surface area contributed by atoms with Crippen LogP contribution in [0.2, 0.25) is 0 Å². The maximum Gasteiger partial charge on any atom is 0.238 e. The van der Waals surface area contributed by atoms with Crippen LogP contribution >= 0.6 is 27.5 Å². The second kappa shape index (κ2) is 3.70. The van der Waals surface area contributed by atoms with Gasteiger partial charge in [0.05, 0.1) is 0 Å². The van der Waals surface area contributed by atoms with Crippen LogP contribution < -0.4 is 4.90 Å². The second-order valence-corrected chi connectivity index (χ2v) is 4.92. The Kier molecular flexibility index (Phi) is 2.60. The molecule has 0 aromatic carbocycles.